The maximum Gasteiger partial charge on any atom is 0.240 e. The van der Waals surface area contributed by atoms with Gasteiger partial charge < -0.3 is 5.32 Å². The van der Waals surface area contributed by atoms with Crippen LogP contribution in [-0.4, -0.2) is 35.2 Å². The number of carbonyl (C=O) groups excluding carboxylic acids is 3. The summed E-state index contributed by atoms with van der Waals surface area (Å²) in [6.45, 7) is -0.110. The Morgan fingerprint density at radius 1 is 1.17 bits per heavy atom. The van der Waals surface area contributed by atoms with Crippen molar-refractivity contribution in [3.05, 3.63) is 12.2 Å². The number of nitrogens with one attached hydrogen (secondary N) is 1. The predicted molar refractivity (Wildman–Crippen MR) is 63.2 cm³/mol. The topological polar surface area (TPSA) is 66.5 Å². The maximum absolute atomic E-state index is 12.1. The summed E-state index contributed by atoms with van der Waals surface area (Å²) >= 11 is 0. The van der Waals surface area contributed by atoms with Crippen molar-refractivity contribution in [2.45, 2.75) is 31.7 Å². The third kappa shape index (κ3) is 1.94. The molecular formula is C13H16N2O3. The number of rotatable bonds is 3. The van der Waals surface area contributed by atoms with Crippen LogP contribution in [0.3, 0.4) is 0 Å². The fraction of sp³-hybridized carbons (Fsp3) is 0.615. The summed E-state index contributed by atoms with van der Waals surface area (Å²) in [5, 5.41) is 2.80. The van der Waals surface area contributed by atoms with Gasteiger partial charge in [-0.25, -0.2) is 0 Å². The van der Waals surface area contributed by atoms with Crippen LogP contribution in [-0.2, 0) is 14.4 Å². The molecule has 2 fully saturated rings. The number of allylic oxidation sites excluding steroid dienone is 2. The average Bonchev–Trinajstić information content (AvgIpc) is 3.14. The zero-order valence-corrected chi connectivity index (χ0v) is 10.1. The quantitative estimate of drug-likeness (QED) is 0.574. The number of carbonyl (C=O) groups is 3. The van der Waals surface area contributed by atoms with Crippen LogP contribution in [0.5, 0.6) is 0 Å². The van der Waals surface area contributed by atoms with Gasteiger partial charge in [0.15, 0.2) is 0 Å². The SMILES string of the molecule is O=C(CN1C(=O)[C@H]2CC=CC[C@@H]2C1=O)NC1CC1. The minimum atomic E-state index is -0.240. The van der Waals surface area contributed by atoms with Gasteiger partial charge in [-0.1, -0.05) is 12.2 Å². The Morgan fingerprint density at radius 3 is 2.22 bits per heavy atom. The second-order valence-corrected chi connectivity index (χ2v) is 5.26. The van der Waals surface area contributed by atoms with Crippen molar-refractivity contribution >= 4 is 17.7 Å². The van der Waals surface area contributed by atoms with Crippen LogP contribution in [0.1, 0.15) is 25.7 Å². The van der Waals surface area contributed by atoms with E-state index in [2.05, 4.69) is 5.32 Å². The monoisotopic (exact) mass is 248 g/mol. The smallest absolute Gasteiger partial charge is 0.240 e. The van der Waals surface area contributed by atoms with Crippen molar-refractivity contribution < 1.29 is 14.4 Å². The van der Waals surface area contributed by atoms with Crippen LogP contribution < -0.4 is 5.32 Å². The number of imide groups is 1. The second kappa shape index (κ2) is 4.23. The number of fused-ring (bicyclic) bond motifs is 1. The largest absolute Gasteiger partial charge is 0.352 e. The number of hydrogen-bond acceptors (Lipinski definition) is 3. The van der Waals surface area contributed by atoms with Crippen LogP contribution in [0.25, 0.3) is 0 Å². The lowest BCUT2D eigenvalue weighted by atomic mass is 9.85. The van der Waals surface area contributed by atoms with E-state index in [0.29, 0.717) is 12.8 Å². The first kappa shape index (κ1) is 11.4. The van der Waals surface area contributed by atoms with Crippen molar-refractivity contribution in [2.24, 2.45) is 11.8 Å². The molecular weight excluding hydrogens is 232 g/mol. The second-order valence-electron chi connectivity index (χ2n) is 5.26. The summed E-state index contributed by atoms with van der Waals surface area (Å²) in [4.78, 5) is 37.0. The van der Waals surface area contributed by atoms with Gasteiger partial charge in [0.2, 0.25) is 17.7 Å². The lowest BCUT2D eigenvalue weighted by Gasteiger charge is -2.14. The van der Waals surface area contributed by atoms with Gasteiger partial charge in [-0.15, -0.1) is 0 Å². The Labute approximate surface area is 105 Å². The van der Waals surface area contributed by atoms with Gasteiger partial charge in [-0.3, -0.25) is 19.3 Å². The van der Waals surface area contributed by atoms with Crippen molar-refractivity contribution in [3.8, 4) is 0 Å². The summed E-state index contributed by atoms with van der Waals surface area (Å²) in [6.07, 6.45) is 7.14. The molecule has 1 saturated carbocycles. The van der Waals surface area contributed by atoms with Crippen molar-refractivity contribution in [1.82, 2.24) is 10.2 Å². The van der Waals surface area contributed by atoms with Crippen molar-refractivity contribution in [2.75, 3.05) is 6.54 Å². The standard InChI is InChI=1S/C13H16N2O3/c16-11(14-8-5-6-8)7-15-12(17)9-3-1-2-4-10(9)13(15)18/h1-2,8-10H,3-7H2,(H,14,16)/t9-,10-/m0/s1. The van der Waals surface area contributed by atoms with Crippen LogP contribution >= 0.6 is 0 Å². The van der Waals surface area contributed by atoms with Gasteiger partial charge in [0.1, 0.15) is 6.54 Å². The molecule has 1 heterocycles. The fourth-order valence-corrected chi connectivity index (χ4v) is 2.67. The average molecular weight is 248 g/mol. The zero-order chi connectivity index (χ0) is 12.7. The first-order valence-electron chi connectivity index (χ1n) is 6.46. The molecule has 0 aromatic heterocycles. The lowest BCUT2D eigenvalue weighted by Crippen LogP contribution is -2.41. The van der Waals surface area contributed by atoms with Gasteiger partial charge in [-0.05, 0) is 25.7 Å². The molecule has 0 bridgehead atoms. The van der Waals surface area contributed by atoms with E-state index in [-0.39, 0.29) is 42.1 Å². The molecule has 5 heteroatoms. The molecule has 1 saturated heterocycles. The van der Waals surface area contributed by atoms with E-state index in [1.807, 2.05) is 12.2 Å². The van der Waals surface area contributed by atoms with E-state index >= 15 is 0 Å². The van der Waals surface area contributed by atoms with E-state index in [1.54, 1.807) is 0 Å². The van der Waals surface area contributed by atoms with Crippen LogP contribution in [0, 0.1) is 11.8 Å². The molecule has 3 aliphatic rings. The van der Waals surface area contributed by atoms with Gasteiger partial charge >= 0.3 is 0 Å². The van der Waals surface area contributed by atoms with E-state index in [9.17, 15) is 14.4 Å². The Kier molecular flexibility index (Phi) is 2.69. The van der Waals surface area contributed by atoms with Gasteiger partial charge in [0, 0.05) is 6.04 Å². The molecule has 1 N–H and O–H groups in total. The third-order valence-electron chi connectivity index (χ3n) is 3.84. The molecule has 1 aliphatic heterocycles. The van der Waals surface area contributed by atoms with Gasteiger partial charge in [0.25, 0.3) is 0 Å². The normalized spacial score (nSPS) is 30.6. The minimum absolute atomic E-state index is 0.110. The minimum Gasteiger partial charge on any atom is -0.352 e. The molecule has 3 amide bonds. The Balaban J connectivity index is 1.67. The number of hydrogen-bond donors (Lipinski definition) is 1. The number of amides is 3. The third-order valence-corrected chi connectivity index (χ3v) is 3.84. The zero-order valence-electron chi connectivity index (χ0n) is 10.1. The van der Waals surface area contributed by atoms with E-state index in [1.165, 1.54) is 0 Å². The van der Waals surface area contributed by atoms with Gasteiger partial charge in [0.05, 0.1) is 11.8 Å². The molecule has 0 aromatic carbocycles. The summed E-state index contributed by atoms with van der Waals surface area (Å²) in [5.74, 6) is -1.06. The molecule has 3 rings (SSSR count). The van der Waals surface area contributed by atoms with Crippen LogP contribution in [0.2, 0.25) is 0 Å². The molecule has 0 spiro atoms. The van der Waals surface area contributed by atoms with Gasteiger partial charge in [-0.2, -0.15) is 0 Å². The van der Waals surface area contributed by atoms with E-state index in [4.69, 9.17) is 0 Å². The van der Waals surface area contributed by atoms with E-state index in [0.717, 1.165) is 17.7 Å². The first-order chi connectivity index (χ1) is 8.66. The highest BCUT2D eigenvalue weighted by Crippen LogP contribution is 2.34. The van der Waals surface area contributed by atoms with Crippen molar-refractivity contribution in [3.63, 3.8) is 0 Å². The maximum atomic E-state index is 12.1. The summed E-state index contributed by atoms with van der Waals surface area (Å²) in [7, 11) is 0. The number of likely N-dealkylation sites (tertiary alicyclic amines) is 1. The summed E-state index contributed by atoms with van der Waals surface area (Å²) in [6, 6.07) is 0.259. The molecule has 0 unspecified atom stereocenters. The molecule has 96 valence electrons. The summed E-state index contributed by atoms with van der Waals surface area (Å²) < 4.78 is 0. The molecule has 2 aliphatic carbocycles. The molecule has 0 radical (unpaired) electrons. The lowest BCUT2D eigenvalue weighted by molar-refractivity contribution is -0.143. The number of nitrogens with zero attached hydrogens (tertiary/aromatic N) is 1. The first-order valence-corrected chi connectivity index (χ1v) is 6.46. The highest BCUT2D eigenvalue weighted by atomic mass is 16.2. The fourth-order valence-electron chi connectivity index (χ4n) is 2.67. The Hall–Kier alpha value is -1.65. The molecule has 5 nitrogen and oxygen atoms in total. The highest BCUT2D eigenvalue weighted by molar-refractivity contribution is 6.07. The van der Waals surface area contributed by atoms with Crippen LogP contribution in [0.4, 0.5) is 0 Å². The van der Waals surface area contributed by atoms with E-state index < -0.39 is 0 Å². The Morgan fingerprint density at radius 2 is 1.72 bits per heavy atom. The highest BCUT2D eigenvalue weighted by Gasteiger charge is 2.47. The summed E-state index contributed by atoms with van der Waals surface area (Å²) in [5.41, 5.74) is 0. The molecule has 2 atom stereocenters. The van der Waals surface area contributed by atoms with Crippen LogP contribution in [0.15, 0.2) is 12.2 Å². The Bertz CT molecular complexity index is 414. The molecule has 0 aromatic rings. The predicted octanol–water partition coefficient (Wildman–Crippen LogP) is 0.216. The van der Waals surface area contributed by atoms with Crippen molar-refractivity contribution in [1.29, 1.82) is 0 Å². The molecule has 18 heavy (non-hydrogen) atoms.